The zero-order valence-corrected chi connectivity index (χ0v) is 4.29. The first kappa shape index (κ1) is 7.34. The van der Waals surface area contributed by atoms with Gasteiger partial charge in [0.15, 0.2) is 0 Å². The predicted molar refractivity (Wildman–Crippen MR) is 19.8 cm³/mol. The predicted octanol–water partition coefficient (Wildman–Crippen LogP) is -1.11. The molecule has 0 heterocycles. The Kier molecular flexibility index (Phi) is 2.38. The van der Waals surface area contributed by atoms with Crippen LogP contribution in [0.3, 0.4) is 0 Å². The SMILES string of the molecule is O=COS(=O)(=O)OO. The van der Waals surface area contributed by atoms with Gasteiger partial charge in [-0.3, -0.25) is 4.79 Å². The molecule has 0 aliphatic rings. The second kappa shape index (κ2) is 2.60. The van der Waals surface area contributed by atoms with Crippen LogP contribution in [-0.2, 0) is 23.7 Å². The molecular weight excluding hydrogens is 140 g/mol. The van der Waals surface area contributed by atoms with Crippen LogP contribution in [0.2, 0.25) is 0 Å². The fourth-order valence-electron chi connectivity index (χ4n) is 0.0657. The lowest BCUT2D eigenvalue weighted by molar-refractivity contribution is -0.147. The molecule has 0 aromatic carbocycles. The summed E-state index contributed by atoms with van der Waals surface area (Å²) in [6, 6.07) is 0. The summed E-state index contributed by atoms with van der Waals surface area (Å²) in [7, 11) is -4.48. The van der Waals surface area contributed by atoms with Crippen molar-refractivity contribution in [3.05, 3.63) is 0 Å². The second-order valence-electron chi connectivity index (χ2n) is 0.675. The van der Waals surface area contributed by atoms with Crippen molar-refractivity contribution in [3.63, 3.8) is 0 Å². The van der Waals surface area contributed by atoms with Gasteiger partial charge in [-0.1, -0.05) is 4.33 Å². The molecule has 0 rings (SSSR count). The fraction of sp³-hybridized carbons (Fsp3) is 0. The fourth-order valence-corrected chi connectivity index (χ4v) is 0.197. The molecule has 0 fully saturated rings. The molecule has 0 aliphatic heterocycles. The van der Waals surface area contributed by atoms with E-state index < -0.39 is 10.4 Å². The number of carbonyl (C=O) groups is 1. The van der Waals surface area contributed by atoms with E-state index in [4.69, 9.17) is 5.26 Å². The first-order chi connectivity index (χ1) is 3.62. The van der Waals surface area contributed by atoms with Crippen LogP contribution in [0.25, 0.3) is 0 Å². The monoisotopic (exact) mass is 142 g/mol. The topological polar surface area (TPSA) is 89.9 Å². The number of carbonyl (C=O) groups excluding carboxylic acids is 1. The van der Waals surface area contributed by atoms with E-state index in [1.54, 1.807) is 0 Å². The van der Waals surface area contributed by atoms with Gasteiger partial charge in [0.1, 0.15) is 0 Å². The molecule has 0 atom stereocenters. The van der Waals surface area contributed by atoms with Gasteiger partial charge < -0.3 is 4.18 Å². The highest BCUT2D eigenvalue weighted by atomic mass is 32.3. The Morgan fingerprint density at radius 3 is 2.12 bits per heavy atom. The minimum absolute atomic E-state index is 0.383. The van der Waals surface area contributed by atoms with Crippen LogP contribution >= 0.6 is 0 Å². The summed E-state index contributed by atoms with van der Waals surface area (Å²) in [5, 5.41) is 7.35. The highest BCUT2D eigenvalue weighted by Gasteiger charge is 2.08. The van der Waals surface area contributed by atoms with Gasteiger partial charge in [0.2, 0.25) is 0 Å². The molecule has 8 heavy (non-hydrogen) atoms. The third kappa shape index (κ3) is 2.50. The first-order valence-electron chi connectivity index (χ1n) is 1.32. The lowest BCUT2D eigenvalue weighted by Gasteiger charge is -1.89. The first-order valence-corrected chi connectivity index (χ1v) is 2.65. The van der Waals surface area contributed by atoms with E-state index in [1.807, 2.05) is 0 Å². The van der Waals surface area contributed by atoms with Crippen LogP contribution in [0.15, 0.2) is 0 Å². The van der Waals surface area contributed by atoms with E-state index >= 15 is 0 Å². The maximum absolute atomic E-state index is 9.67. The van der Waals surface area contributed by atoms with Crippen LogP contribution in [0.4, 0.5) is 0 Å². The molecule has 0 bridgehead atoms. The van der Waals surface area contributed by atoms with Crippen LogP contribution in [0.1, 0.15) is 0 Å². The normalized spacial score (nSPS) is 10.6. The Labute approximate surface area is 44.9 Å². The highest BCUT2D eigenvalue weighted by Crippen LogP contribution is 1.86. The number of rotatable bonds is 3. The van der Waals surface area contributed by atoms with Crippen molar-refractivity contribution in [1.29, 1.82) is 0 Å². The lowest BCUT2D eigenvalue weighted by atomic mass is 11.7. The molecule has 0 aliphatic carbocycles. The maximum atomic E-state index is 9.67. The van der Waals surface area contributed by atoms with Gasteiger partial charge >= 0.3 is 16.9 Å². The van der Waals surface area contributed by atoms with E-state index in [9.17, 15) is 13.2 Å². The summed E-state index contributed by atoms with van der Waals surface area (Å²) in [5.41, 5.74) is 0. The highest BCUT2D eigenvalue weighted by molar-refractivity contribution is 7.82. The minimum atomic E-state index is -4.48. The second-order valence-corrected chi connectivity index (χ2v) is 1.83. The third-order valence-corrected chi connectivity index (χ3v) is 0.745. The van der Waals surface area contributed by atoms with Gasteiger partial charge in [-0.15, -0.1) is 0 Å². The lowest BCUT2D eigenvalue weighted by Crippen LogP contribution is -2.05. The van der Waals surface area contributed by atoms with Gasteiger partial charge in [0.25, 0.3) is 0 Å². The molecule has 0 amide bonds. The molecule has 0 saturated carbocycles. The van der Waals surface area contributed by atoms with Gasteiger partial charge in [-0.25, -0.2) is 5.26 Å². The van der Waals surface area contributed by atoms with E-state index in [0.29, 0.717) is 0 Å². The van der Waals surface area contributed by atoms with Crippen LogP contribution in [0, 0.1) is 0 Å². The van der Waals surface area contributed by atoms with Crippen LogP contribution in [0.5, 0.6) is 0 Å². The zero-order valence-electron chi connectivity index (χ0n) is 3.47. The smallest absolute Gasteiger partial charge is 0.326 e. The maximum Gasteiger partial charge on any atom is 0.478 e. The Bertz CT molecular complexity index is 153. The summed E-state index contributed by atoms with van der Waals surface area (Å²) in [6.45, 7) is -0.383. The van der Waals surface area contributed by atoms with E-state index in [0.717, 1.165) is 0 Å². The van der Waals surface area contributed by atoms with Crippen molar-refractivity contribution in [1.82, 2.24) is 0 Å². The summed E-state index contributed by atoms with van der Waals surface area (Å²) < 4.78 is 25.2. The third-order valence-electron chi connectivity index (χ3n) is 0.248. The van der Waals surface area contributed by atoms with Crippen molar-refractivity contribution < 1.29 is 27.0 Å². The molecule has 48 valence electrons. The molecule has 0 aromatic rings. The molecule has 0 radical (unpaired) electrons. The van der Waals surface area contributed by atoms with E-state index in [2.05, 4.69) is 8.52 Å². The van der Waals surface area contributed by atoms with E-state index in [1.165, 1.54) is 0 Å². The number of hydrogen-bond donors (Lipinski definition) is 1. The summed E-state index contributed by atoms with van der Waals surface area (Å²) in [6.07, 6.45) is 0. The summed E-state index contributed by atoms with van der Waals surface area (Å²) in [5.74, 6) is 0. The Morgan fingerprint density at radius 1 is 1.50 bits per heavy atom. The molecule has 0 unspecified atom stereocenters. The van der Waals surface area contributed by atoms with Crippen molar-refractivity contribution in [2.24, 2.45) is 0 Å². The summed E-state index contributed by atoms with van der Waals surface area (Å²) in [4.78, 5) is 9.19. The Balaban J connectivity index is 3.94. The van der Waals surface area contributed by atoms with Gasteiger partial charge in [0, 0.05) is 0 Å². The molecule has 0 saturated heterocycles. The van der Waals surface area contributed by atoms with Crippen LogP contribution < -0.4 is 0 Å². The van der Waals surface area contributed by atoms with Crippen molar-refractivity contribution >= 4 is 16.9 Å². The zero-order chi connectivity index (χ0) is 6.62. The average molecular weight is 142 g/mol. The number of hydrogen-bond acceptors (Lipinski definition) is 6. The molecular formula is CH2O6S. The summed E-state index contributed by atoms with van der Waals surface area (Å²) >= 11 is 0. The van der Waals surface area contributed by atoms with Crippen LogP contribution in [-0.4, -0.2) is 20.1 Å². The van der Waals surface area contributed by atoms with E-state index in [-0.39, 0.29) is 6.47 Å². The van der Waals surface area contributed by atoms with Gasteiger partial charge in [0.05, 0.1) is 0 Å². The quantitative estimate of drug-likeness (QED) is 0.305. The largest absolute Gasteiger partial charge is 0.478 e. The standard InChI is InChI=1S/CH2O6S/c2-1-6-8(4,5)7-3/h1,3H. The minimum Gasteiger partial charge on any atom is -0.326 e. The molecule has 0 aromatic heterocycles. The van der Waals surface area contributed by atoms with Gasteiger partial charge in [-0.05, 0) is 0 Å². The van der Waals surface area contributed by atoms with Crippen molar-refractivity contribution in [3.8, 4) is 0 Å². The molecule has 7 heteroatoms. The van der Waals surface area contributed by atoms with Crippen molar-refractivity contribution in [2.75, 3.05) is 0 Å². The Morgan fingerprint density at radius 2 is 2.00 bits per heavy atom. The molecule has 0 spiro atoms. The van der Waals surface area contributed by atoms with Crippen molar-refractivity contribution in [2.45, 2.75) is 0 Å². The molecule has 1 N–H and O–H groups in total. The molecule has 6 nitrogen and oxygen atoms in total. The Hall–Kier alpha value is -0.660. The van der Waals surface area contributed by atoms with Gasteiger partial charge in [-0.2, -0.15) is 8.42 Å². The average Bonchev–Trinajstić information content (AvgIpc) is 1.67.